The number of amides is 1. The number of anilines is 2. The zero-order chi connectivity index (χ0) is 30.7. The van der Waals surface area contributed by atoms with Crippen molar-refractivity contribution < 1.29 is 23.8 Å². The molecule has 5 rings (SSSR count). The highest BCUT2D eigenvalue weighted by Gasteiger charge is 2.43. The summed E-state index contributed by atoms with van der Waals surface area (Å²) in [6.07, 6.45) is 1.51. The molecule has 0 radical (unpaired) electrons. The number of ether oxygens (including phenoxy) is 3. The molecule has 43 heavy (non-hydrogen) atoms. The molecule has 2 aliphatic rings. The second-order valence-electron chi connectivity index (χ2n) is 9.80. The molecule has 1 aliphatic heterocycles. The van der Waals surface area contributed by atoms with Crippen molar-refractivity contribution in [2.45, 2.75) is 36.4 Å². The number of Topliss-reactive ketones (excluding diaryl/α,β-unsaturated/α-hetero) is 1. The number of carbonyl (C=O) groups excluding carboxylic acids is 2. The summed E-state index contributed by atoms with van der Waals surface area (Å²) >= 11 is 2.48. The number of carbonyl (C=O) groups is 2. The predicted molar refractivity (Wildman–Crippen MR) is 164 cm³/mol. The molecule has 1 unspecified atom stereocenters. The molecule has 2 aromatic carbocycles. The molecule has 0 bridgehead atoms. The van der Waals surface area contributed by atoms with E-state index in [0.717, 1.165) is 11.3 Å². The number of aryl methyl sites for hydroxylation is 1. The molecule has 0 spiro atoms. The zero-order valence-corrected chi connectivity index (χ0v) is 25.7. The minimum absolute atomic E-state index is 0.0831. The zero-order valence-electron chi connectivity index (χ0n) is 24.1. The van der Waals surface area contributed by atoms with Crippen molar-refractivity contribution in [1.82, 2.24) is 10.2 Å². The standard InChI is InChI=1S/C30H30N6O5S2/c1-16-7-5-8-17(13-16)33-23(38)15-42-30-35-34-29(43-30)36-20-9-6-10-21(37)25(20)24(19(14-31)28(36)32)18-11-12-22(39-2)27(41-4)26(18)40-3/h5,7-8,11-13,24H,6,9-10,15,32H2,1-4H3,(H,33,38). The van der Waals surface area contributed by atoms with Crippen LogP contribution in [0.1, 0.15) is 36.3 Å². The molecule has 0 fully saturated rings. The van der Waals surface area contributed by atoms with Crippen molar-refractivity contribution in [2.24, 2.45) is 5.73 Å². The number of benzene rings is 2. The molecule has 0 saturated carbocycles. The van der Waals surface area contributed by atoms with E-state index in [1.54, 1.807) is 17.0 Å². The number of hydrogen-bond donors (Lipinski definition) is 2. The van der Waals surface area contributed by atoms with Gasteiger partial charge in [-0.15, -0.1) is 10.2 Å². The van der Waals surface area contributed by atoms with Crippen LogP contribution in [0.5, 0.6) is 17.2 Å². The summed E-state index contributed by atoms with van der Waals surface area (Å²) in [7, 11) is 4.51. The van der Waals surface area contributed by atoms with Crippen molar-refractivity contribution in [3.8, 4) is 23.3 Å². The van der Waals surface area contributed by atoms with E-state index in [4.69, 9.17) is 19.9 Å². The minimum Gasteiger partial charge on any atom is -0.493 e. The number of hydrogen-bond acceptors (Lipinski definition) is 12. The number of aromatic nitrogens is 2. The summed E-state index contributed by atoms with van der Waals surface area (Å²) in [6.45, 7) is 1.96. The SMILES string of the molecule is COc1ccc(C2C(C#N)=C(N)N(c3nnc(SCC(=O)Nc4cccc(C)c4)s3)C3=C2C(=O)CCC3)c(OC)c1OC. The van der Waals surface area contributed by atoms with Gasteiger partial charge in [-0.2, -0.15) is 5.26 Å². The van der Waals surface area contributed by atoms with Gasteiger partial charge < -0.3 is 25.3 Å². The Morgan fingerprint density at radius 3 is 2.65 bits per heavy atom. The Morgan fingerprint density at radius 1 is 1.16 bits per heavy atom. The van der Waals surface area contributed by atoms with E-state index >= 15 is 0 Å². The van der Waals surface area contributed by atoms with Gasteiger partial charge in [-0.05, 0) is 43.5 Å². The number of rotatable bonds is 9. The first kappa shape index (κ1) is 29.9. The summed E-state index contributed by atoms with van der Waals surface area (Å²) in [5.74, 6) is 0.407. The molecule has 11 nitrogen and oxygen atoms in total. The highest BCUT2D eigenvalue weighted by Crippen LogP contribution is 2.52. The third kappa shape index (κ3) is 5.76. The average molecular weight is 619 g/mol. The van der Waals surface area contributed by atoms with Crippen LogP contribution in [0, 0.1) is 18.3 Å². The van der Waals surface area contributed by atoms with Crippen LogP contribution in [0.15, 0.2) is 63.4 Å². The molecule has 3 N–H and O–H groups in total. The second-order valence-corrected chi connectivity index (χ2v) is 12.0. The first-order valence-corrected chi connectivity index (χ1v) is 15.2. The van der Waals surface area contributed by atoms with E-state index in [1.807, 2.05) is 31.2 Å². The Bertz CT molecular complexity index is 1690. The molecular formula is C30H30N6O5S2. The normalized spacial score (nSPS) is 16.5. The van der Waals surface area contributed by atoms with Crippen LogP contribution in [-0.2, 0) is 9.59 Å². The number of nitrogens with two attached hydrogens (primary N) is 1. The van der Waals surface area contributed by atoms with Gasteiger partial charge in [0.1, 0.15) is 5.82 Å². The molecule has 13 heteroatoms. The topological polar surface area (TPSA) is 153 Å². The number of methoxy groups -OCH3 is 3. The first-order valence-electron chi connectivity index (χ1n) is 13.4. The lowest BCUT2D eigenvalue weighted by Gasteiger charge is -2.38. The lowest BCUT2D eigenvalue weighted by atomic mass is 9.75. The highest BCUT2D eigenvalue weighted by molar-refractivity contribution is 8.01. The lowest BCUT2D eigenvalue weighted by molar-refractivity contribution is -0.116. The fraction of sp³-hybridized carbons (Fsp3) is 0.300. The van der Waals surface area contributed by atoms with E-state index in [-0.39, 0.29) is 28.8 Å². The van der Waals surface area contributed by atoms with Crippen LogP contribution in [0.2, 0.25) is 0 Å². The van der Waals surface area contributed by atoms with Gasteiger partial charge in [0.05, 0.1) is 44.6 Å². The minimum atomic E-state index is -0.772. The second kappa shape index (κ2) is 12.8. The fourth-order valence-corrected chi connectivity index (χ4v) is 7.05. The number of allylic oxidation sites excluding steroid dienone is 3. The van der Waals surface area contributed by atoms with E-state index in [2.05, 4.69) is 21.6 Å². The number of nitrogens with zero attached hydrogens (tertiary/aromatic N) is 4. The van der Waals surface area contributed by atoms with E-state index < -0.39 is 5.92 Å². The fourth-order valence-electron chi connectivity index (χ4n) is 5.37. The van der Waals surface area contributed by atoms with Gasteiger partial charge in [0.15, 0.2) is 21.6 Å². The largest absolute Gasteiger partial charge is 0.493 e. The molecule has 222 valence electrons. The number of thioether (sulfide) groups is 1. The van der Waals surface area contributed by atoms with Crippen LogP contribution in [-0.4, -0.2) is 49.0 Å². The molecule has 0 saturated heterocycles. The average Bonchev–Trinajstić information content (AvgIpc) is 3.47. The molecule has 1 amide bonds. The Morgan fingerprint density at radius 2 is 1.95 bits per heavy atom. The Labute approximate surface area is 257 Å². The maximum Gasteiger partial charge on any atom is 0.234 e. The highest BCUT2D eigenvalue weighted by atomic mass is 32.2. The van der Waals surface area contributed by atoms with Crippen molar-refractivity contribution in [3.05, 3.63) is 70.2 Å². The Hall–Kier alpha value is -4.54. The van der Waals surface area contributed by atoms with E-state index in [1.165, 1.54) is 44.4 Å². The van der Waals surface area contributed by atoms with Crippen LogP contribution >= 0.6 is 23.1 Å². The lowest BCUT2D eigenvalue weighted by Crippen LogP contribution is -2.38. The molecule has 2 heterocycles. The van der Waals surface area contributed by atoms with Crippen LogP contribution in [0.25, 0.3) is 0 Å². The Balaban J connectivity index is 1.49. The third-order valence-electron chi connectivity index (χ3n) is 7.17. The van der Waals surface area contributed by atoms with Gasteiger partial charge in [0.2, 0.25) is 16.8 Å². The molecule has 1 aromatic heterocycles. The molecular weight excluding hydrogens is 589 g/mol. The van der Waals surface area contributed by atoms with E-state index in [0.29, 0.717) is 62.8 Å². The van der Waals surface area contributed by atoms with Crippen molar-refractivity contribution >= 4 is 45.6 Å². The van der Waals surface area contributed by atoms with Crippen LogP contribution in [0.4, 0.5) is 10.8 Å². The summed E-state index contributed by atoms with van der Waals surface area (Å²) < 4.78 is 17.3. The monoisotopic (exact) mass is 618 g/mol. The third-order valence-corrected chi connectivity index (χ3v) is 9.22. The summed E-state index contributed by atoms with van der Waals surface area (Å²) in [5, 5.41) is 22.3. The van der Waals surface area contributed by atoms with E-state index in [9.17, 15) is 14.9 Å². The summed E-state index contributed by atoms with van der Waals surface area (Å²) in [4.78, 5) is 27.8. The van der Waals surface area contributed by atoms with Gasteiger partial charge >= 0.3 is 0 Å². The maximum atomic E-state index is 13.6. The number of nitrogens with one attached hydrogen (secondary N) is 1. The predicted octanol–water partition coefficient (Wildman–Crippen LogP) is 4.91. The molecule has 1 atom stereocenters. The van der Waals surface area contributed by atoms with Gasteiger partial charge in [-0.3, -0.25) is 14.5 Å². The first-order chi connectivity index (χ1) is 20.8. The number of nitriles is 1. The summed E-state index contributed by atoms with van der Waals surface area (Å²) in [5.41, 5.74) is 10.3. The van der Waals surface area contributed by atoms with Gasteiger partial charge in [-0.1, -0.05) is 41.3 Å². The maximum absolute atomic E-state index is 13.6. The van der Waals surface area contributed by atoms with Gasteiger partial charge in [0, 0.05) is 28.9 Å². The Kier molecular flexibility index (Phi) is 8.89. The summed E-state index contributed by atoms with van der Waals surface area (Å²) in [6, 6.07) is 13.3. The smallest absolute Gasteiger partial charge is 0.234 e. The van der Waals surface area contributed by atoms with Gasteiger partial charge in [-0.25, -0.2) is 0 Å². The van der Waals surface area contributed by atoms with Crippen molar-refractivity contribution in [2.75, 3.05) is 37.3 Å². The quantitative estimate of drug-likeness (QED) is 0.315. The van der Waals surface area contributed by atoms with Gasteiger partial charge in [0.25, 0.3) is 0 Å². The van der Waals surface area contributed by atoms with Crippen LogP contribution in [0.3, 0.4) is 0 Å². The van der Waals surface area contributed by atoms with Crippen LogP contribution < -0.4 is 30.2 Å². The van der Waals surface area contributed by atoms with Crippen molar-refractivity contribution in [3.63, 3.8) is 0 Å². The van der Waals surface area contributed by atoms with Crippen molar-refractivity contribution in [1.29, 1.82) is 5.26 Å². The molecule has 3 aromatic rings. The number of ketones is 1. The molecule has 1 aliphatic carbocycles.